The van der Waals surface area contributed by atoms with Gasteiger partial charge in [0.2, 0.25) is 0 Å². The molecule has 1 nitrogen and oxygen atoms in total. The molecule has 0 unspecified atom stereocenters. The van der Waals surface area contributed by atoms with E-state index in [1.54, 1.807) is 0 Å². The first-order chi connectivity index (χ1) is 24.9. The number of anilines is 3. The molecule has 0 aliphatic heterocycles. The topological polar surface area (TPSA) is 3.24 Å². The van der Waals surface area contributed by atoms with Crippen molar-refractivity contribution in [3.05, 3.63) is 174 Å². The number of hydrogen-bond donors (Lipinski definition) is 0. The van der Waals surface area contributed by atoms with Crippen molar-refractivity contribution in [1.82, 2.24) is 0 Å². The van der Waals surface area contributed by atoms with Crippen molar-refractivity contribution in [2.45, 2.75) is 71.6 Å². The molecular weight excluding hydrogens is 627 g/mol. The number of para-hydroxylation sites is 1. The maximum absolute atomic E-state index is 2.53. The molecule has 0 fully saturated rings. The number of nitrogens with zero attached hydrogens (tertiary/aromatic N) is 1. The third kappa shape index (κ3) is 5.55. The van der Waals surface area contributed by atoms with E-state index in [9.17, 15) is 0 Å². The molecule has 0 spiro atoms. The molecule has 0 amide bonds. The van der Waals surface area contributed by atoms with Crippen LogP contribution in [0, 0.1) is 0 Å². The first-order valence-corrected chi connectivity index (χ1v) is 18.7. The summed E-state index contributed by atoms with van der Waals surface area (Å²) in [5.74, 6) is 0. The SMILES string of the molecule is CC(C)(C)c1ccccc1N(c1ccc(-c2cccc3cccc(C(C)(C)C)c23)cc1)c1cccc2c1C(C)(C)c1cccc(-c3ccccc3)c1-2. The molecule has 7 aromatic carbocycles. The van der Waals surface area contributed by atoms with E-state index >= 15 is 0 Å². The summed E-state index contributed by atoms with van der Waals surface area (Å²) in [6.45, 7) is 18.7. The van der Waals surface area contributed by atoms with Crippen molar-refractivity contribution in [3.8, 4) is 33.4 Å². The average Bonchev–Trinajstić information content (AvgIpc) is 3.38. The summed E-state index contributed by atoms with van der Waals surface area (Å²) >= 11 is 0. The molecule has 0 radical (unpaired) electrons. The largest absolute Gasteiger partial charge is 0.310 e. The van der Waals surface area contributed by atoms with Crippen molar-refractivity contribution in [3.63, 3.8) is 0 Å². The van der Waals surface area contributed by atoms with Crippen LogP contribution in [0.4, 0.5) is 17.1 Å². The summed E-state index contributed by atoms with van der Waals surface area (Å²) in [6.07, 6.45) is 0. The van der Waals surface area contributed by atoms with Gasteiger partial charge in [0.1, 0.15) is 0 Å². The standard InChI is InChI=1S/C51H49N/c1-49(2,3)41-25-12-13-28-44(41)52(37-32-30-35(31-33-37)38-22-14-20-36-21-15-26-42(46(36)38)50(4,5)6)45-29-17-24-40-47-39(34-18-10-9-11-19-34)23-16-27-43(47)51(7,8)48(40)45/h9-33H,1-8H3. The normalized spacial score (nSPS) is 13.5. The maximum Gasteiger partial charge on any atom is 0.0508 e. The summed E-state index contributed by atoms with van der Waals surface area (Å²) in [5, 5.41) is 2.63. The smallest absolute Gasteiger partial charge is 0.0508 e. The van der Waals surface area contributed by atoms with E-state index < -0.39 is 0 Å². The van der Waals surface area contributed by atoms with Gasteiger partial charge in [-0.15, -0.1) is 0 Å². The Balaban J connectivity index is 1.35. The fourth-order valence-corrected chi connectivity index (χ4v) is 8.66. The van der Waals surface area contributed by atoms with Crippen molar-refractivity contribution < 1.29 is 0 Å². The Morgan fingerprint density at radius 1 is 0.442 bits per heavy atom. The monoisotopic (exact) mass is 675 g/mol. The molecule has 0 heterocycles. The second-order valence-electron chi connectivity index (χ2n) is 17.0. The molecule has 0 saturated heterocycles. The van der Waals surface area contributed by atoms with Crippen LogP contribution < -0.4 is 4.90 Å². The van der Waals surface area contributed by atoms with Gasteiger partial charge in [0.05, 0.1) is 5.69 Å². The average molecular weight is 676 g/mol. The third-order valence-corrected chi connectivity index (χ3v) is 11.1. The molecule has 258 valence electrons. The van der Waals surface area contributed by atoms with Crippen molar-refractivity contribution in [2.75, 3.05) is 4.90 Å². The van der Waals surface area contributed by atoms with E-state index in [2.05, 4.69) is 212 Å². The third-order valence-electron chi connectivity index (χ3n) is 11.1. The van der Waals surface area contributed by atoms with Crippen molar-refractivity contribution in [1.29, 1.82) is 0 Å². The van der Waals surface area contributed by atoms with Crippen LogP contribution in [0.1, 0.15) is 77.6 Å². The zero-order valence-electron chi connectivity index (χ0n) is 31.9. The highest BCUT2D eigenvalue weighted by Gasteiger charge is 2.40. The van der Waals surface area contributed by atoms with Gasteiger partial charge in [-0.05, 0) is 102 Å². The predicted molar refractivity (Wildman–Crippen MR) is 224 cm³/mol. The Hall–Kier alpha value is -5.40. The first-order valence-electron chi connectivity index (χ1n) is 18.7. The van der Waals surface area contributed by atoms with Crippen molar-refractivity contribution >= 4 is 27.8 Å². The molecule has 1 aliphatic carbocycles. The van der Waals surface area contributed by atoms with Gasteiger partial charge in [0.25, 0.3) is 0 Å². The maximum atomic E-state index is 2.53. The minimum absolute atomic E-state index is 0.0292. The number of rotatable bonds is 5. The summed E-state index contributed by atoms with van der Waals surface area (Å²) in [5.41, 5.74) is 16.5. The van der Waals surface area contributed by atoms with Gasteiger partial charge in [0.15, 0.2) is 0 Å². The van der Waals surface area contributed by atoms with E-state index in [1.165, 1.54) is 77.8 Å². The van der Waals surface area contributed by atoms with Gasteiger partial charge in [-0.2, -0.15) is 0 Å². The highest BCUT2D eigenvalue weighted by atomic mass is 15.1. The quantitative estimate of drug-likeness (QED) is 0.175. The lowest BCUT2D eigenvalue weighted by atomic mass is 9.80. The van der Waals surface area contributed by atoms with E-state index in [-0.39, 0.29) is 16.2 Å². The van der Waals surface area contributed by atoms with Gasteiger partial charge in [0, 0.05) is 16.8 Å². The summed E-state index contributed by atoms with van der Waals surface area (Å²) < 4.78 is 0. The van der Waals surface area contributed by atoms with Crippen LogP contribution in [0.25, 0.3) is 44.2 Å². The molecule has 7 aromatic rings. The minimum Gasteiger partial charge on any atom is -0.310 e. The summed E-state index contributed by atoms with van der Waals surface area (Å²) in [4.78, 5) is 2.53. The van der Waals surface area contributed by atoms with Crippen molar-refractivity contribution in [2.24, 2.45) is 0 Å². The molecule has 0 aromatic heterocycles. The van der Waals surface area contributed by atoms with E-state index in [0.717, 1.165) is 5.69 Å². The van der Waals surface area contributed by atoms with Gasteiger partial charge >= 0.3 is 0 Å². The second-order valence-corrected chi connectivity index (χ2v) is 17.0. The lowest BCUT2D eigenvalue weighted by molar-refractivity contribution is 0.591. The minimum atomic E-state index is -0.215. The van der Waals surface area contributed by atoms with Gasteiger partial charge < -0.3 is 4.90 Å². The zero-order valence-corrected chi connectivity index (χ0v) is 31.9. The van der Waals surface area contributed by atoms with Crippen LogP contribution in [0.15, 0.2) is 152 Å². The fraction of sp³-hybridized carbons (Fsp3) is 0.216. The van der Waals surface area contributed by atoms with Crippen LogP contribution in [-0.2, 0) is 16.2 Å². The molecule has 0 saturated carbocycles. The molecular formula is C51H49N. The molecule has 0 bridgehead atoms. The Kier molecular flexibility index (Phi) is 8.03. The highest BCUT2D eigenvalue weighted by molar-refractivity contribution is 6.01. The van der Waals surface area contributed by atoms with E-state index in [1.807, 2.05) is 0 Å². The van der Waals surface area contributed by atoms with Gasteiger partial charge in [-0.1, -0.05) is 183 Å². The Bertz CT molecular complexity index is 2430. The summed E-state index contributed by atoms with van der Waals surface area (Å²) in [6, 6.07) is 56.4. The number of hydrogen-bond acceptors (Lipinski definition) is 1. The van der Waals surface area contributed by atoms with Crippen LogP contribution in [0.5, 0.6) is 0 Å². The van der Waals surface area contributed by atoms with E-state index in [4.69, 9.17) is 0 Å². The molecule has 0 N–H and O–H groups in total. The summed E-state index contributed by atoms with van der Waals surface area (Å²) in [7, 11) is 0. The van der Waals surface area contributed by atoms with Crippen LogP contribution in [0.3, 0.4) is 0 Å². The Morgan fingerprint density at radius 2 is 0.981 bits per heavy atom. The van der Waals surface area contributed by atoms with Crippen LogP contribution >= 0.6 is 0 Å². The Morgan fingerprint density at radius 3 is 1.69 bits per heavy atom. The second kappa shape index (κ2) is 12.4. The first kappa shape index (κ1) is 33.7. The van der Waals surface area contributed by atoms with Crippen LogP contribution in [-0.4, -0.2) is 0 Å². The molecule has 52 heavy (non-hydrogen) atoms. The molecule has 0 atom stereocenters. The van der Waals surface area contributed by atoms with E-state index in [0.29, 0.717) is 0 Å². The lowest BCUT2D eigenvalue weighted by Crippen LogP contribution is -2.23. The zero-order chi connectivity index (χ0) is 36.4. The predicted octanol–water partition coefficient (Wildman–Crippen LogP) is 14.5. The highest BCUT2D eigenvalue weighted by Crippen LogP contribution is 2.57. The molecule has 8 rings (SSSR count). The molecule has 1 aliphatic rings. The Labute approximate surface area is 310 Å². The molecule has 1 heteroatoms. The fourth-order valence-electron chi connectivity index (χ4n) is 8.66. The van der Waals surface area contributed by atoms with Crippen LogP contribution in [0.2, 0.25) is 0 Å². The number of benzene rings is 7. The van der Waals surface area contributed by atoms with Gasteiger partial charge in [-0.3, -0.25) is 0 Å². The number of fused-ring (bicyclic) bond motifs is 4. The lowest BCUT2D eigenvalue weighted by Gasteiger charge is -2.35. The van der Waals surface area contributed by atoms with Gasteiger partial charge in [-0.25, -0.2) is 0 Å².